The number of benzene rings is 2. The molecule has 2 nitrogen and oxygen atoms in total. The first-order chi connectivity index (χ1) is 13.7. The molecule has 0 aliphatic carbocycles. The Hall–Kier alpha value is -1.17. The quantitative estimate of drug-likeness (QED) is 0.304. The van der Waals surface area contributed by atoms with Crippen LogP contribution in [0.1, 0.15) is 51.2 Å². The highest BCUT2D eigenvalue weighted by molar-refractivity contribution is 8.17. The summed E-state index contributed by atoms with van der Waals surface area (Å²) in [6.07, 6.45) is 1.03. The van der Waals surface area contributed by atoms with Crippen molar-refractivity contribution in [2.45, 2.75) is 44.9 Å². The summed E-state index contributed by atoms with van der Waals surface area (Å²) < 4.78 is 6.98. The largest absolute Gasteiger partial charge is 0.493 e. The molecule has 0 atom stereocenters. The van der Waals surface area contributed by atoms with Crippen LogP contribution in [0.2, 0.25) is 0 Å². The molecule has 0 amide bonds. The molecule has 0 saturated carbocycles. The minimum absolute atomic E-state index is 0.439. The van der Waals surface area contributed by atoms with E-state index in [2.05, 4.69) is 75.1 Å². The summed E-state index contributed by atoms with van der Waals surface area (Å²) in [6, 6.07) is 14.8. The van der Waals surface area contributed by atoms with Crippen LogP contribution in [0.5, 0.6) is 5.75 Å². The van der Waals surface area contributed by atoms with Crippen molar-refractivity contribution in [1.82, 2.24) is 0 Å². The smallest absolute Gasteiger partial charge is 0.127 e. The molecule has 0 bridgehead atoms. The molecule has 0 unspecified atom stereocenters. The Morgan fingerprint density at radius 1 is 1.00 bits per heavy atom. The monoisotopic (exact) mass is 447 g/mol. The second-order valence-corrected chi connectivity index (χ2v) is 10.4. The molecular formula is C24H33NOS3. The zero-order chi connectivity index (χ0) is 21.6. The maximum Gasteiger partial charge on any atom is 0.127 e. The van der Waals surface area contributed by atoms with Gasteiger partial charge in [-0.1, -0.05) is 45.5 Å². The van der Waals surface area contributed by atoms with Gasteiger partial charge >= 0.3 is 0 Å². The second kappa shape index (κ2) is 11.3. The Morgan fingerprint density at radius 3 is 2.21 bits per heavy atom. The van der Waals surface area contributed by atoms with Gasteiger partial charge in [-0.05, 0) is 60.2 Å². The average Bonchev–Trinajstić information content (AvgIpc) is 2.67. The molecule has 0 saturated heterocycles. The summed E-state index contributed by atoms with van der Waals surface area (Å²) in [5, 5.41) is 0. The zero-order valence-electron chi connectivity index (χ0n) is 18.3. The fraction of sp³-hybridized carbons (Fsp3) is 0.417. The number of rotatable bonds is 9. The van der Waals surface area contributed by atoms with Gasteiger partial charge in [-0.2, -0.15) is 0 Å². The van der Waals surface area contributed by atoms with E-state index in [1.165, 1.54) is 11.3 Å². The van der Waals surface area contributed by atoms with Crippen LogP contribution in [-0.4, -0.2) is 20.7 Å². The third-order valence-electron chi connectivity index (χ3n) is 4.65. The maximum absolute atomic E-state index is 6.11. The molecule has 158 valence electrons. The molecule has 0 radical (unpaired) electrons. The summed E-state index contributed by atoms with van der Waals surface area (Å²) in [5.41, 5.74) is 3.45. The van der Waals surface area contributed by atoms with E-state index in [1.807, 2.05) is 14.1 Å². The van der Waals surface area contributed by atoms with Gasteiger partial charge in [-0.3, -0.25) is 0 Å². The van der Waals surface area contributed by atoms with E-state index in [-0.39, 0.29) is 0 Å². The molecule has 2 aromatic carbocycles. The minimum atomic E-state index is 0.439. The van der Waals surface area contributed by atoms with Crippen LogP contribution < -0.4 is 9.64 Å². The van der Waals surface area contributed by atoms with Crippen LogP contribution in [0.3, 0.4) is 0 Å². The number of ether oxygens (including phenoxy) is 1. The lowest BCUT2D eigenvalue weighted by atomic mass is 10.00. The highest BCUT2D eigenvalue weighted by atomic mass is 32.2. The molecule has 2 rings (SSSR count). The highest BCUT2D eigenvalue weighted by Crippen LogP contribution is 2.41. The lowest BCUT2D eigenvalue weighted by molar-refractivity contribution is 0.289. The van der Waals surface area contributed by atoms with Crippen LogP contribution >= 0.6 is 37.0 Å². The summed E-state index contributed by atoms with van der Waals surface area (Å²) in [7, 11) is 4.08. The number of hydrogen-bond donors (Lipinski definition) is 2. The van der Waals surface area contributed by atoms with Crippen molar-refractivity contribution in [3.63, 3.8) is 0 Å². The predicted octanol–water partition coefficient (Wildman–Crippen LogP) is 7.58. The van der Waals surface area contributed by atoms with Gasteiger partial charge in [0.1, 0.15) is 5.75 Å². The van der Waals surface area contributed by atoms with Crippen molar-refractivity contribution < 1.29 is 4.74 Å². The van der Waals surface area contributed by atoms with Gasteiger partial charge in [0.05, 0.1) is 10.8 Å². The van der Waals surface area contributed by atoms with Gasteiger partial charge in [-0.25, -0.2) is 0 Å². The molecule has 0 spiro atoms. The van der Waals surface area contributed by atoms with Crippen molar-refractivity contribution >= 4 is 47.6 Å². The van der Waals surface area contributed by atoms with Crippen LogP contribution in [0, 0.1) is 5.92 Å². The maximum atomic E-state index is 6.11. The molecule has 5 heteroatoms. The predicted molar refractivity (Wildman–Crippen MR) is 137 cm³/mol. The molecule has 0 aliphatic heterocycles. The lowest BCUT2D eigenvalue weighted by Gasteiger charge is -2.17. The number of thioether (sulfide) groups is 1. The van der Waals surface area contributed by atoms with Gasteiger partial charge in [0, 0.05) is 35.1 Å². The third kappa shape index (κ3) is 7.23. The first-order valence-electron chi connectivity index (χ1n) is 10.0. The summed E-state index contributed by atoms with van der Waals surface area (Å²) in [4.78, 5) is 4.07. The lowest BCUT2D eigenvalue weighted by Crippen LogP contribution is -2.07. The molecule has 29 heavy (non-hydrogen) atoms. The Kier molecular flexibility index (Phi) is 9.38. The fourth-order valence-electron chi connectivity index (χ4n) is 2.71. The average molecular weight is 448 g/mol. The Bertz CT molecular complexity index is 827. The molecule has 0 aromatic heterocycles. The summed E-state index contributed by atoms with van der Waals surface area (Å²) in [5.74, 6) is 1.92. The fourth-order valence-corrected chi connectivity index (χ4v) is 4.16. The Balaban J connectivity index is 2.30. The molecular weight excluding hydrogens is 414 g/mol. The highest BCUT2D eigenvalue weighted by Gasteiger charge is 2.14. The van der Waals surface area contributed by atoms with E-state index in [9.17, 15) is 0 Å². The van der Waals surface area contributed by atoms with E-state index < -0.39 is 0 Å². The molecule has 0 fully saturated rings. The van der Waals surface area contributed by atoms with E-state index in [0.29, 0.717) is 18.4 Å². The van der Waals surface area contributed by atoms with E-state index in [1.54, 1.807) is 11.8 Å². The van der Waals surface area contributed by atoms with Crippen LogP contribution in [0.25, 0.3) is 4.91 Å². The Morgan fingerprint density at radius 2 is 1.66 bits per heavy atom. The van der Waals surface area contributed by atoms with E-state index in [0.717, 1.165) is 31.8 Å². The van der Waals surface area contributed by atoms with Crippen LogP contribution in [0.4, 0.5) is 5.69 Å². The molecule has 2 aromatic rings. The van der Waals surface area contributed by atoms with Crippen LogP contribution in [-0.2, 0) is 0 Å². The second-order valence-electron chi connectivity index (χ2n) is 8.09. The van der Waals surface area contributed by atoms with Crippen molar-refractivity contribution in [3.8, 4) is 5.75 Å². The number of nitrogens with zero attached hydrogens (tertiary/aromatic N) is 1. The summed E-state index contributed by atoms with van der Waals surface area (Å²) in [6.45, 7) is 9.51. The minimum Gasteiger partial charge on any atom is -0.493 e. The van der Waals surface area contributed by atoms with E-state index >= 15 is 0 Å². The van der Waals surface area contributed by atoms with E-state index in [4.69, 9.17) is 30.0 Å². The molecule has 0 aliphatic rings. The van der Waals surface area contributed by atoms with Gasteiger partial charge in [0.25, 0.3) is 0 Å². The van der Waals surface area contributed by atoms with Crippen LogP contribution in [0.15, 0.2) is 51.6 Å². The van der Waals surface area contributed by atoms with Crippen molar-refractivity contribution in [2.75, 3.05) is 25.6 Å². The number of hydrogen-bond acceptors (Lipinski definition) is 5. The topological polar surface area (TPSA) is 12.5 Å². The molecule has 0 N–H and O–H groups in total. The third-order valence-corrected chi connectivity index (χ3v) is 6.84. The number of thiol groups is 2. The van der Waals surface area contributed by atoms with Crippen molar-refractivity contribution in [2.24, 2.45) is 5.92 Å². The number of anilines is 1. The van der Waals surface area contributed by atoms with Gasteiger partial charge in [0.2, 0.25) is 0 Å². The van der Waals surface area contributed by atoms with Gasteiger partial charge in [0.15, 0.2) is 0 Å². The Labute approximate surface area is 191 Å². The standard InChI is InChI=1S/C24H33NOS3/c1-16(2)13-14-26-22-12-7-18(17(3)4)15-21(22)23(27)24(28)29-20-10-8-19(9-11-20)25(5)6/h7-12,15-17,27-28H,13-14H2,1-6H3/b24-23+. The first-order valence-corrected chi connectivity index (χ1v) is 11.7. The van der Waals surface area contributed by atoms with Crippen molar-refractivity contribution in [1.29, 1.82) is 0 Å². The SMILES string of the molecule is CC(C)CCOc1ccc(C(C)C)cc1/C(S)=C(/S)Sc1ccc(N(C)C)cc1. The van der Waals surface area contributed by atoms with Gasteiger partial charge < -0.3 is 9.64 Å². The normalized spacial score (nSPS) is 12.3. The zero-order valence-corrected chi connectivity index (χ0v) is 20.9. The summed E-state index contributed by atoms with van der Waals surface area (Å²) >= 11 is 11.2. The van der Waals surface area contributed by atoms with Gasteiger partial charge in [-0.15, -0.1) is 25.3 Å². The molecule has 0 heterocycles. The van der Waals surface area contributed by atoms with Crippen molar-refractivity contribution in [3.05, 3.63) is 57.8 Å². The first kappa shape index (κ1) is 24.1.